The lowest BCUT2D eigenvalue weighted by Gasteiger charge is -2.19. The molecule has 0 saturated heterocycles. The van der Waals surface area contributed by atoms with Crippen molar-refractivity contribution in [3.63, 3.8) is 0 Å². The Morgan fingerprint density at radius 2 is 1.84 bits per heavy atom. The molecule has 0 aliphatic rings. The van der Waals surface area contributed by atoms with E-state index in [9.17, 15) is 9.59 Å². The third-order valence-corrected chi connectivity index (χ3v) is 4.00. The highest BCUT2D eigenvalue weighted by molar-refractivity contribution is 6.33. The van der Waals surface area contributed by atoms with E-state index in [-0.39, 0.29) is 18.2 Å². The van der Waals surface area contributed by atoms with Crippen LogP contribution in [-0.4, -0.2) is 18.9 Å². The fraction of sp³-hybridized carbons (Fsp3) is 0.263. The summed E-state index contributed by atoms with van der Waals surface area (Å²) in [6, 6.07) is 12.2. The molecule has 2 rings (SSSR count). The van der Waals surface area contributed by atoms with Crippen LogP contribution in [-0.2, 0) is 9.59 Å². The molecule has 0 saturated carbocycles. The van der Waals surface area contributed by atoms with E-state index in [4.69, 9.17) is 16.3 Å². The molecule has 0 unspecified atom stereocenters. The summed E-state index contributed by atoms with van der Waals surface area (Å²) in [5.41, 5.74) is 2.38. The predicted molar refractivity (Wildman–Crippen MR) is 99.0 cm³/mol. The van der Waals surface area contributed by atoms with Crippen LogP contribution in [0.1, 0.15) is 30.5 Å². The molecular weight excluding hydrogens is 340 g/mol. The van der Waals surface area contributed by atoms with Gasteiger partial charge in [-0.2, -0.15) is 0 Å². The average molecular weight is 361 g/mol. The van der Waals surface area contributed by atoms with Crippen molar-refractivity contribution in [2.45, 2.75) is 26.3 Å². The molecule has 0 aliphatic carbocycles. The van der Waals surface area contributed by atoms with Crippen molar-refractivity contribution in [2.24, 2.45) is 0 Å². The van der Waals surface area contributed by atoms with E-state index < -0.39 is 6.04 Å². The number of anilines is 1. The van der Waals surface area contributed by atoms with Crippen LogP contribution in [0.2, 0.25) is 5.02 Å². The Labute approximate surface area is 152 Å². The van der Waals surface area contributed by atoms with Crippen molar-refractivity contribution in [3.05, 3.63) is 58.6 Å². The third kappa shape index (κ3) is 5.50. The molecule has 0 aliphatic heterocycles. The van der Waals surface area contributed by atoms with Crippen LogP contribution in [0.4, 0.5) is 5.69 Å². The van der Waals surface area contributed by atoms with Gasteiger partial charge in [-0.1, -0.05) is 29.8 Å². The highest BCUT2D eigenvalue weighted by atomic mass is 35.5. The van der Waals surface area contributed by atoms with Crippen molar-refractivity contribution in [3.8, 4) is 5.75 Å². The van der Waals surface area contributed by atoms with Crippen molar-refractivity contribution >= 4 is 29.1 Å². The molecular formula is C19H21ClN2O3. The monoisotopic (exact) mass is 360 g/mol. The van der Waals surface area contributed by atoms with Crippen LogP contribution >= 0.6 is 11.6 Å². The van der Waals surface area contributed by atoms with Gasteiger partial charge in [0.15, 0.2) is 0 Å². The normalized spacial score (nSPS) is 11.5. The molecule has 0 heterocycles. The molecule has 25 heavy (non-hydrogen) atoms. The minimum Gasteiger partial charge on any atom is -0.497 e. The van der Waals surface area contributed by atoms with E-state index in [0.717, 1.165) is 11.1 Å². The van der Waals surface area contributed by atoms with Crippen molar-refractivity contribution in [1.29, 1.82) is 0 Å². The fourth-order valence-corrected chi connectivity index (χ4v) is 2.72. The molecule has 2 aromatic rings. The molecule has 2 N–H and O–H groups in total. The standard InChI is InChI=1S/C19H21ClN2O3/c1-12-4-9-17(16(20)10-12)22-19(24)11-18(21-13(2)23)14-5-7-15(25-3)8-6-14/h4-10,18H,11H2,1-3H3,(H,21,23)(H,22,24)/t18-/m1/s1. The highest BCUT2D eigenvalue weighted by Crippen LogP contribution is 2.25. The second kappa shape index (κ2) is 8.53. The second-order valence-electron chi connectivity index (χ2n) is 5.76. The number of rotatable bonds is 6. The molecule has 2 aromatic carbocycles. The van der Waals surface area contributed by atoms with Gasteiger partial charge in [0.1, 0.15) is 5.75 Å². The number of amides is 2. The third-order valence-electron chi connectivity index (χ3n) is 3.68. The maximum atomic E-state index is 12.4. The summed E-state index contributed by atoms with van der Waals surface area (Å²) in [5.74, 6) is 0.267. The zero-order valence-electron chi connectivity index (χ0n) is 14.4. The summed E-state index contributed by atoms with van der Waals surface area (Å²) in [4.78, 5) is 23.9. The van der Waals surface area contributed by atoms with Crippen LogP contribution in [0, 0.1) is 6.92 Å². The largest absolute Gasteiger partial charge is 0.497 e. The van der Waals surface area contributed by atoms with Crippen molar-refractivity contribution in [1.82, 2.24) is 5.32 Å². The molecule has 0 fully saturated rings. The van der Waals surface area contributed by atoms with Gasteiger partial charge in [0.2, 0.25) is 11.8 Å². The first-order valence-electron chi connectivity index (χ1n) is 7.86. The maximum Gasteiger partial charge on any atom is 0.226 e. The minimum absolute atomic E-state index is 0.0934. The minimum atomic E-state index is -0.437. The second-order valence-corrected chi connectivity index (χ2v) is 6.17. The van der Waals surface area contributed by atoms with Gasteiger partial charge in [-0.25, -0.2) is 0 Å². The van der Waals surface area contributed by atoms with Gasteiger partial charge in [0.25, 0.3) is 0 Å². The van der Waals surface area contributed by atoms with Crippen molar-refractivity contribution < 1.29 is 14.3 Å². The summed E-state index contributed by atoms with van der Waals surface area (Å²) in [6.07, 6.45) is 0.0934. The Bertz CT molecular complexity index is 760. The van der Waals surface area contributed by atoms with E-state index in [1.54, 1.807) is 31.4 Å². The number of benzene rings is 2. The van der Waals surface area contributed by atoms with Crippen molar-refractivity contribution in [2.75, 3.05) is 12.4 Å². The van der Waals surface area contributed by atoms with E-state index in [0.29, 0.717) is 16.5 Å². The van der Waals surface area contributed by atoms with Gasteiger partial charge in [-0.05, 0) is 42.3 Å². The van der Waals surface area contributed by atoms with Crippen LogP contribution in [0.3, 0.4) is 0 Å². The van der Waals surface area contributed by atoms with Crippen LogP contribution in [0.25, 0.3) is 0 Å². The zero-order chi connectivity index (χ0) is 18.4. The summed E-state index contributed by atoms with van der Waals surface area (Å²) in [5, 5.41) is 6.07. The first kappa shape index (κ1) is 18.8. The molecule has 132 valence electrons. The van der Waals surface area contributed by atoms with Gasteiger partial charge in [-0.15, -0.1) is 0 Å². The molecule has 0 radical (unpaired) electrons. The Morgan fingerprint density at radius 1 is 1.16 bits per heavy atom. The number of carbonyl (C=O) groups is 2. The van der Waals surface area contributed by atoms with Gasteiger partial charge < -0.3 is 15.4 Å². The number of carbonyl (C=O) groups excluding carboxylic acids is 2. The molecule has 5 nitrogen and oxygen atoms in total. The molecule has 0 spiro atoms. The highest BCUT2D eigenvalue weighted by Gasteiger charge is 2.18. The van der Waals surface area contributed by atoms with Gasteiger partial charge in [0.05, 0.1) is 30.3 Å². The number of hydrogen-bond acceptors (Lipinski definition) is 3. The molecule has 6 heteroatoms. The first-order chi connectivity index (χ1) is 11.9. The topological polar surface area (TPSA) is 67.4 Å². The van der Waals surface area contributed by atoms with E-state index in [1.807, 2.05) is 25.1 Å². The smallest absolute Gasteiger partial charge is 0.226 e. The average Bonchev–Trinajstić information content (AvgIpc) is 2.56. The van der Waals surface area contributed by atoms with E-state index >= 15 is 0 Å². The Balaban J connectivity index is 2.12. The number of aryl methyl sites for hydroxylation is 1. The van der Waals surface area contributed by atoms with E-state index in [2.05, 4.69) is 10.6 Å². The Kier molecular flexibility index (Phi) is 6.42. The summed E-state index contributed by atoms with van der Waals surface area (Å²) in [7, 11) is 1.58. The molecule has 0 bridgehead atoms. The van der Waals surface area contributed by atoms with Crippen LogP contribution < -0.4 is 15.4 Å². The Hall–Kier alpha value is -2.53. The number of halogens is 1. The summed E-state index contributed by atoms with van der Waals surface area (Å²) >= 11 is 6.15. The molecule has 1 atom stereocenters. The van der Waals surface area contributed by atoms with Gasteiger partial charge in [0, 0.05) is 6.92 Å². The predicted octanol–water partition coefficient (Wildman–Crippen LogP) is 3.86. The first-order valence-corrected chi connectivity index (χ1v) is 8.24. The summed E-state index contributed by atoms with van der Waals surface area (Å²) in [6.45, 7) is 3.35. The number of hydrogen-bond donors (Lipinski definition) is 2. The lowest BCUT2D eigenvalue weighted by Crippen LogP contribution is -2.29. The molecule has 2 amide bonds. The molecule has 0 aromatic heterocycles. The van der Waals surface area contributed by atoms with Crippen LogP contribution in [0.5, 0.6) is 5.75 Å². The number of nitrogens with one attached hydrogen (secondary N) is 2. The quantitative estimate of drug-likeness (QED) is 0.821. The van der Waals surface area contributed by atoms with Gasteiger partial charge in [-0.3, -0.25) is 9.59 Å². The van der Waals surface area contributed by atoms with E-state index in [1.165, 1.54) is 6.92 Å². The van der Waals surface area contributed by atoms with Gasteiger partial charge >= 0.3 is 0 Å². The number of ether oxygens (including phenoxy) is 1. The fourth-order valence-electron chi connectivity index (χ4n) is 2.44. The Morgan fingerprint density at radius 3 is 2.40 bits per heavy atom. The number of methoxy groups -OCH3 is 1. The lowest BCUT2D eigenvalue weighted by atomic mass is 10.0. The zero-order valence-corrected chi connectivity index (χ0v) is 15.2. The lowest BCUT2D eigenvalue weighted by molar-refractivity contribution is -0.120. The SMILES string of the molecule is COc1ccc([C@@H](CC(=O)Nc2ccc(C)cc2Cl)NC(C)=O)cc1. The summed E-state index contributed by atoms with van der Waals surface area (Å²) < 4.78 is 5.13. The van der Waals surface area contributed by atoms with Crippen LogP contribution in [0.15, 0.2) is 42.5 Å². The maximum absolute atomic E-state index is 12.4.